The normalized spacial score (nSPS) is 12.4. The quantitative estimate of drug-likeness (QED) is 0.896. The second-order valence-corrected chi connectivity index (χ2v) is 4.39. The van der Waals surface area contributed by atoms with E-state index >= 15 is 0 Å². The Bertz CT molecular complexity index is 453. The van der Waals surface area contributed by atoms with Gasteiger partial charge in [0.25, 0.3) is 0 Å². The average Bonchev–Trinajstić information content (AvgIpc) is 2.38. The van der Waals surface area contributed by atoms with Gasteiger partial charge in [0, 0.05) is 23.5 Å². The van der Waals surface area contributed by atoms with Gasteiger partial charge in [-0.25, -0.2) is 0 Å². The molecule has 1 aromatic carbocycles. The van der Waals surface area contributed by atoms with Crippen LogP contribution < -0.4 is 5.32 Å². The highest BCUT2D eigenvalue weighted by molar-refractivity contribution is 6.30. The number of hydrogen-bond donors (Lipinski definition) is 1. The molecule has 2 rings (SSSR count). The Balaban J connectivity index is 2.14. The van der Waals surface area contributed by atoms with Crippen LogP contribution in [-0.2, 0) is 6.42 Å². The smallest absolute Gasteiger partial charge is 0.0406 e. The van der Waals surface area contributed by atoms with E-state index in [1.807, 2.05) is 43.7 Å². The molecule has 17 heavy (non-hydrogen) atoms. The topological polar surface area (TPSA) is 24.9 Å². The molecule has 1 heterocycles. The predicted molar refractivity (Wildman–Crippen MR) is 71.2 cm³/mol. The highest BCUT2D eigenvalue weighted by Gasteiger charge is 2.09. The van der Waals surface area contributed by atoms with Gasteiger partial charge in [-0.2, -0.15) is 0 Å². The van der Waals surface area contributed by atoms with E-state index in [4.69, 9.17) is 11.6 Å². The minimum atomic E-state index is 0.301. The maximum absolute atomic E-state index is 5.89. The van der Waals surface area contributed by atoms with Gasteiger partial charge >= 0.3 is 0 Å². The third-order valence-electron chi connectivity index (χ3n) is 2.81. The summed E-state index contributed by atoms with van der Waals surface area (Å²) in [6, 6.07) is 12.4. The van der Waals surface area contributed by atoms with Gasteiger partial charge in [-0.05, 0) is 48.9 Å². The van der Waals surface area contributed by atoms with Gasteiger partial charge in [-0.1, -0.05) is 23.7 Å². The Labute approximate surface area is 107 Å². The molecule has 0 amide bonds. The van der Waals surface area contributed by atoms with Gasteiger partial charge in [0.05, 0.1) is 0 Å². The highest BCUT2D eigenvalue weighted by Crippen LogP contribution is 2.19. The number of rotatable bonds is 4. The Hall–Kier alpha value is -1.38. The lowest BCUT2D eigenvalue weighted by atomic mass is 10.00. The van der Waals surface area contributed by atoms with Crippen LogP contribution >= 0.6 is 11.6 Å². The van der Waals surface area contributed by atoms with Crippen LogP contribution in [0.5, 0.6) is 0 Å². The first-order valence-electron chi connectivity index (χ1n) is 5.61. The minimum Gasteiger partial charge on any atom is -0.313 e. The van der Waals surface area contributed by atoms with Crippen molar-refractivity contribution in [1.82, 2.24) is 10.3 Å². The maximum Gasteiger partial charge on any atom is 0.0406 e. The first-order valence-corrected chi connectivity index (χ1v) is 5.99. The monoisotopic (exact) mass is 246 g/mol. The molecule has 0 aliphatic rings. The van der Waals surface area contributed by atoms with Crippen molar-refractivity contribution in [2.45, 2.75) is 12.5 Å². The molecular formula is C14H15ClN2. The van der Waals surface area contributed by atoms with Crippen molar-refractivity contribution in [1.29, 1.82) is 0 Å². The highest BCUT2D eigenvalue weighted by atomic mass is 35.5. The zero-order valence-corrected chi connectivity index (χ0v) is 10.5. The minimum absolute atomic E-state index is 0.301. The van der Waals surface area contributed by atoms with E-state index in [-0.39, 0.29) is 0 Å². The van der Waals surface area contributed by atoms with Crippen LogP contribution in [0.4, 0.5) is 0 Å². The maximum atomic E-state index is 5.89. The number of nitrogens with zero attached hydrogens (tertiary/aromatic N) is 1. The van der Waals surface area contributed by atoms with Crippen molar-refractivity contribution in [3.05, 3.63) is 64.9 Å². The lowest BCUT2D eigenvalue weighted by Crippen LogP contribution is -2.18. The molecule has 2 nitrogen and oxygen atoms in total. The van der Waals surface area contributed by atoms with Crippen LogP contribution in [-0.4, -0.2) is 12.0 Å². The number of likely N-dealkylation sites (N-methyl/N-ethyl adjacent to an activating group) is 1. The lowest BCUT2D eigenvalue weighted by molar-refractivity contribution is 0.592. The molecule has 1 unspecified atom stereocenters. The fourth-order valence-electron chi connectivity index (χ4n) is 1.84. The van der Waals surface area contributed by atoms with Gasteiger partial charge in [-0.3, -0.25) is 4.98 Å². The summed E-state index contributed by atoms with van der Waals surface area (Å²) in [5.74, 6) is 0. The van der Waals surface area contributed by atoms with Crippen molar-refractivity contribution in [2.75, 3.05) is 7.05 Å². The zero-order valence-electron chi connectivity index (χ0n) is 9.73. The first kappa shape index (κ1) is 12.1. The van der Waals surface area contributed by atoms with Gasteiger partial charge in [0.15, 0.2) is 0 Å². The van der Waals surface area contributed by atoms with Crippen LogP contribution in [0.2, 0.25) is 5.02 Å². The Morgan fingerprint density at radius 2 is 1.76 bits per heavy atom. The molecule has 0 spiro atoms. The standard InChI is InChI=1S/C14H15ClN2/c1-16-14(10-11-6-8-17-9-7-11)12-2-4-13(15)5-3-12/h2-9,14,16H,10H2,1H3. The summed E-state index contributed by atoms with van der Waals surface area (Å²) in [7, 11) is 1.97. The SMILES string of the molecule is CNC(Cc1ccncc1)c1ccc(Cl)cc1. The third kappa shape index (κ3) is 3.29. The van der Waals surface area contributed by atoms with Crippen LogP contribution in [0.1, 0.15) is 17.2 Å². The lowest BCUT2D eigenvalue weighted by Gasteiger charge is -2.16. The molecule has 2 aromatic rings. The summed E-state index contributed by atoms with van der Waals surface area (Å²) in [6.07, 6.45) is 4.59. The Kier molecular flexibility index (Phi) is 4.13. The molecular weight excluding hydrogens is 232 g/mol. The van der Waals surface area contributed by atoms with E-state index in [1.54, 1.807) is 0 Å². The van der Waals surface area contributed by atoms with Crippen molar-refractivity contribution in [2.24, 2.45) is 0 Å². The van der Waals surface area contributed by atoms with E-state index in [0.717, 1.165) is 11.4 Å². The van der Waals surface area contributed by atoms with E-state index in [1.165, 1.54) is 11.1 Å². The van der Waals surface area contributed by atoms with Gasteiger partial charge < -0.3 is 5.32 Å². The fourth-order valence-corrected chi connectivity index (χ4v) is 1.96. The second kappa shape index (κ2) is 5.80. The predicted octanol–water partition coefficient (Wildman–Crippen LogP) is 3.24. The van der Waals surface area contributed by atoms with Crippen LogP contribution in [0, 0.1) is 0 Å². The average molecular weight is 247 g/mol. The summed E-state index contributed by atoms with van der Waals surface area (Å²) in [4.78, 5) is 4.02. The van der Waals surface area contributed by atoms with Gasteiger partial charge in [0.1, 0.15) is 0 Å². The second-order valence-electron chi connectivity index (χ2n) is 3.95. The molecule has 1 aromatic heterocycles. The molecule has 1 N–H and O–H groups in total. The molecule has 0 saturated heterocycles. The number of halogens is 1. The number of nitrogens with one attached hydrogen (secondary N) is 1. The summed E-state index contributed by atoms with van der Waals surface area (Å²) in [5.41, 5.74) is 2.52. The third-order valence-corrected chi connectivity index (χ3v) is 3.06. The summed E-state index contributed by atoms with van der Waals surface area (Å²) >= 11 is 5.89. The summed E-state index contributed by atoms with van der Waals surface area (Å²) in [5, 5.41) is 4.09. The molecule has 0 radical (unpaired) electrons. The molecule has 0 aliphatic heterocycles. The Morgan fingerprint density at radius 1 is 1.12 bits per heavy atom. The fraction of sp³-hybridized carbons (Fsp3) is 0.214. The zero-order chi connectivity index (χ0) is 12.1. The first-order chi connectivity index (χ1) is 8.29. The molecule has 1 atom stereocenters. The van der Waals surface area contributed by atoms with E-state index < -0.39 is 0 Å². The van der Waals surface area contributed by atoms with Crippen molar-refractivity contribution in [3.8, 4) is 0 Å². The van der Waals surface area contributed by atoms with E-state index in [9.17, 15) is 0 Å². The van der Waals surface area contributed by atoms with Gasteiger partial charge in [0.2, 0.25) is 0 Å². The molecule has 3 heteroatoms. The van der Waals surface area contributed by atoms with E-state index in [0.29, 0.717) is 6.04 Å². The number of pyridine rings is 1. The number of benzene rings is 1. The van der Waals surface area contributed by atoms with Crippen LogP contribution in [0.3, 0.4) is 0 Å². The van der Waals surface area contributed by atoms with Crippen LogP contribution in [0.15, 0.2) is 48.8 Å². The van der Waals surface area contributed by atoms with Crippen molar-refractivity contribution in [3.63, 3.8) is 0 Å². The van der Waals surface area contributed by atoms with Gasteiger partial charge in [-0.15, -0.1) is 0 Å². The molecule has 0 fully saturated rings. The van der Waals surface area contributed by atoms with Crippen molar-refractivity contribution < 1.29 is 0 Å². The largest absolute Gasteiger partial charge is 0.313 e. The Morgan fingerprint density at radius 3 is 2.35 bits per heavy atom. The van der Waals surface area contributed by atoms with Crippen molar-refractivity contribution >= 4 is 11.6 Å². The summed E-state index contributed by atoms with van der Waals surface area (Å²) in [6.45, 7) is 0. The van der Waals surface area contributed by atoms with Crippen LogP contribution in [0.25, 0.3) is 0 Å². The molecule has 88 valence electrons. The van der Waals surface area contributed by atoms with E-state index in [2.05, 4.69) is 22.4 Å². The molecule has 0 aliphatic carbocycles. The summed E-state index contributed by atoms with van der Waals surface area (Å²) < 4.78 is 0. The number of aromatic nitrogens is 1. The molecule has 0 saturated carbocycles. The molecule has 0 bridgehead atoms. The number of hydrogen-bond acceptors (Lipinski definition) is 2.